The molecule has 0 radical (unpaired) electrons. The first-order valence-electron chi connectivity index (χ1n) is 10.5. The van der Waals surface area contributed by atoms with Crippen LogP contribution in [0.15, 0.2) is 48.5 Å². The fraction of sp³-hybridized carbons (Fsp3) is 0.348. The van der Waals surface area contributed by atoms with E-state index in [4.69, 9.17) is 32.8 Å². The Kier molecular flexibility index (Phi) is 8.55. The predicted octanol–water partition coefficient (Wildman–Crippen LogP) is 2.21. The van der Waals surface area contributed by atoms with Gasteiger partial charge < -0.3 is 25.2 Å². The number of ether oxygens (including phenoxy) is 2. The fourth-order valence-electron chi connectivity index (χ4n) is 3.52. The molecule has 170 valence electrons. The molecule has 0 bridgehead atoms. The van der Waals surface area contributed by atoms with E-state index in [1.54, 1.807) is 36.4 Å². The van der Waals surface area contributed by atoms with Crippen LogP contribution in [0.4, 0.5) is 0 Å². The van der Waals surface area contributed by atoms with Gasteiger partial charge >= 0.3 is 5.97 Å². The van der Waals surface area contributed by atoms with Gasteiger partial charge in [0.1, 0.15) is 18.2 Å². The molecule has 0 spiro atoms. The zero-order chi connectivity index (χ0) is 22.9. The molecule has 1 fully saturated rings. The van der Waals surface area contributed by atoms with Crippen molar-refractivity contribution < 1.29 is 19.4 Å². The molecule has 1 aliphatic heterocycles. The normalized spacial score (nSPS) is 14.0. The number of carboxylic acid groups (broad SMARTS) is 1. The first-order chi connectivity index (χ1) is 15.5. The molecule has 0 amide bonds. The Labute approximate surface area is 193 Å². The van der Waals surface area contributed by atoms with E-state index in [0.717, 1.165) is 32.8 Å². The number of nitrogens with two attached hydrogens (primary N) is 1. The summed E-state index contributed by atoms with van der Waals surface area (Å²) in [6.45, 7) is 4.95. The molecule has 8 nitrogen and oxygen atoms in total. The summed E-state index contributed by atoms with van der Waals surface area (Å²) in [6.07, 6.45) is 0.387. The molecule has 0 aromatic heterocycles. The Morgan fingerprint density at radius 3 is 2.69 bits per heavy atom. The second kappa shape index (κ2) is 11.6. The van der Waals surface area contributed by atoms with Crippen molar-refractivity contribution in [3.05, 3.63) is 65.2 Å². The Morgan fingerprint density at radius 2 is 1.97 bits per heavy atom. The van der Waals surface area contributed by atoms with Crippen LogP contribution in [0.5, 0.6) is 5.75 Å². The summed E-state index contributed by atoms with van der Waals surface area (Å²) >= 11 is 5.17. The second-order valence-electron chi connectivity index (χ2n) is 7.38. The smallest absolute Gasteiger partial charge is 0.335 e. The Bertz CT molecular complexity index is 963. The van der Waals surface area contributed by atoms with Gasteiger partial charge in [-0.1, -0.05) is 30.3 Å². The molecule has 9 heteroatoms. The summed E-state index contributed by atoms with van der Waals surface area (Å²) in [7, 11) is 0. The molecule has 0 aliphatic carbocycles. The lowest BCUT2D eigenvalue weighted by Crippen LogP contribution is -2.42. The lowest BCUT2D eigenvalue weighted by atomic mass is 10.0. The maximum Gasteiger partial charge on any atom is 0.335 e. The number of carboxylic acids is 1. The molecule has 0 atom stereocenters. The number of hydrogen-bond donors (Lipinski definition) is 3. The van der Waals surface area contributed by atoms with E-state index in [9.17, 15) is 9.90 Å². The number of morpholine rings is 1. The van der Waals surface area contributed by atoms with E-state index in [1.807, 2.05) is 12.1 Å². The first kappa shape index (κ1) is 23.6. The minimum Gasteiger partial charge on any atom is -0.492 e. The van der Waals surface area contributed by atoms with Crippen molar-refractivity contribution in [2.75, 3.05) is 46.0 Å². The van der Waals surface area contributed by atoms with Crippen molar-refractivity contribution in [3.63, 3.8) is 0 Å². The highest BCUT2D eigenvalue weighted by Crippen LogP contribution is 2.17. The van der Waals surface area contributed by atoms with Crippen molar-refractivity contribution in [1.29, 1.82) is 5.41 Å². The zero-order valence-electron chi connectivity index (χ0n) is 17.8. The van der Waals surface area contributed by atoms with Crippen LogP contribution in [0.25, 0.3) is 0 Å². The number of nitrogens with one attached hydrogen (secondary N) is 1. The highest BCUT2D eigenvalue weighted by molar-refractivity contribution is 7.80. The molecule has 2 aromatic carbocycles. The average molecular weight is 457 g/mol. The van der Waals surface area contributed by atoms with E-state index < -0.39 is 5.97 Å². The molecular formula is C23H28N4O4S. The summed E-state index contributed by atoms with van der Waals surface area (Å²) in [4.78, 5) is 15.2. The van der Waals surface area contributed by atoms with Crippen molar-refractivity contribution in [3.8, 4) is 5.75 Å². The van der Waals surface area contributed by atoms with Crippen molar-refractivity contribution in [2.45, 2.75) is 6.42 Å². The lowest BCUT2D eigenvalue weighted by Gasteiger charge is -2.26. The Balaban J connectivity index is 1.62. The van der Waals surface area contributed by atoms with Gasteiger partial charge in [0.25, 0.3) is 0 Å². The largest absolute Gasteiger partial charge is 0.492 e. The quantitative estimate of drug-likeness (QED) is 0.299. The molecule has 32 heavy (non-hydrogen) atoms. The number of carbonyl (C=O) groups is 1. The van der Waals surface area contributed by atoms with Crippen molar-refractivity contribution >= 4 is 29.1 Å². The van der Waals surface area contributed by atoms with Gasteiger partial charge in [0.15, 0.2) is 5.11 Å². The third-order valence-corrected chi connectivity index (χ3v) is 5.50. The second-order valence-corrected chi connectivity index (χ2v) is 7.80. The highest BCUT2D eigenvalue weighted by Gasteiger charge is 2.17. The number of benzene rings is 2. The molecule has 0 saturated carbocycles. The molecule has 2 aromatic rings. The molecule has 3 rings (SSSR count). The first-order valence-corrected chi connectivity index (χ1v) is 10.9. The van der Waals surface area contributed by atoms with Crippen LogP contribution in [0, 0.1) is 5.41 Å². The maximum absolute atomic E-state index is 11.5. The van der Waals surface area contributed by atoms with Crippen LogP contribution in [0.1, 0.15) is 21.5 Å². The van der Waals surface area contributed by atoms with Crippen LogP contribution in [-0.4, -0.2) is 77.8 Å². The van der Waals surface area contributed by atoms with Gasteiger partial charge in [-0.05, 0) is 42.4 Å². The van der Waals surface area contributed by atoms with Crippen LogP contribution >= 0.6 is 12.2 Å². The van der Waals surface area contributed by atoms with E-state index in [2.05, 4.69) is 4.90 Å². The Hall–Kier alpha value is -3.01. The van der Waals surface area contributed by atoms with Gasteiger partial charge in [0.2, 0.25) is 0 Å². The maximum atomic E-state index is 11.5. The number of nitrogens with zero attached hydrogens (tertiary/aromatic N) is 2. The zero-order valence-corrected chi connectivity index (χ0v) is 18.6. The van der Waals surface area contributed by atoms with Crippen molar-refractivity contribution in [2.24, 2.45) is 5.73 Å². The van der Waals surface area contributed by atoms with Gasteiger partial charge in [-0.15, -0.1) is 0 Å². The number of rotatable bonds is 9. The third-order valence-electron chi connectivity index (χ3n) is 5.28. The average Bonchev–Trinajstić information content (AvgIpc) is 2.80. The minimum absolute atomic E-state index is 0.0569. The lowest BCUT2D eigenvalue weighted by molar-refractivity contribution is 0.0322. The van der Waals surface area contributed by atoms with Gasteiger partial charge in [0, 0.05) is 31.7 Å². The summed E-state index contributed by atoms with van der Waals surface area (Å²) in [5.41, 5.74) is 7.40. The molecule has 0 unspecified atom stereocenters. The predicted molar refractivity (Wildman–Crippen MR) is 127 cm³/mol. The van der Waals surface area contributed by atoms with Crippen molar-refractivity contribution in [1.82, 2.24) is 9.80 Å². The van der Waals surface area contributed by atoms with Crippen LogP contribution in [0.2, 0.25) is 0 Å². The van der Waals surface area contributed by atoms with Gasteiger partial charge in [-0.2, -0.15) is 0 Å². The highest BCUT2D eigenvalue weighted by atomic mass is 32.1. The van der Waals surface area contributed by atoms with Crippen LogP contribution in [-0.2, 0) is 11.2 Å². The number of amidine groups is 1. The summed E-state index contributed by atoms with van der Waals surface area (Å²) in [5, 5.41) is 18.1. The summed E-state index contributed by atoms with van der Waals surface area (Å²) < 4.78 is 11.2. The van der Waals surface area contributed by atoms with E-state index in [0.29, 0.717) is 36.4 Å². The van der Waals surface area contributed by atoms with E-state index >= 15 is 0 Å². The molecule has 1 saturated heterocycles. The molecule has 1 heterocycles. The number of aromatic carboxylic acids is 1. The van der Waals surface area contributed by atoms with Gasteiger partial charge in [-0.3, -0.25) is 10.3 Å². The van der Waals surface area contributed by atoms with Gasteiger partial charge in [0.05, 0.1) is 18.8 Å². The third kappa shape index (κ3) is 6.49. The summed E-state index contributed by atoms with van der Waals surface area (Å²) in [5.74, 6) is -0.178. The minimum atomic E-state index is -0.987. The number of thiocarbonyl (C=S) groups is 1. The van der Waals surface area contributed by atoms with Crippen LogP contribution < -0.4 is 10.5 Å². The standard InChI is InChI=1S/C23H28N4O4S/c24-21(27(23(25)32)9-8-17-4-1-2-7-20(17)22(28)29)18-5-3-6-19(16-18)31-15-12-26-10-13-30-14-11-26/h1-7,16,24H,8-15H2,(H2,25,32)(H,28,29). The fourth-order valence-corrected chi connectivity index (χ4v) is 3.70. The SMILES string of the molecule is N=C(c1cccc(OCCN2CCOCC2)c1)N(CCc1ccccc1C(=O)O)C(N)=S. The number of hydrogen-bond acceptors (Lipinski definition) is 6. The monoisotopic (exact) mass is 456 g/mol. The molecular weight excluding hydrogens is 428 g/mol. The van der Waals surface area contributed by atoms with Gasteiger partial charge in [-0.25, -0.2) is 4.79 Å². The van der Waals surface area contributed by atoms with E-state index in [-0.39, 0.29) is 16.5 Å². The Morgan fingerprint density at radius 1 is 1.22 bits per heavy atom. The molecule has 4 N–H and O–H groups in total. The topological polar surface area (TPSA) is 112 Å². The van der Waals surface area contributed by atoms with Crippen LogP contribution in [0.3, 0.4) is 0 Å². The molecule has 1 aliphatic rings. The summed E-state index contributed by atoms with van der Waals surface area (Å²) in [6, 6.07) is 14.1. The van der Waals surface area contributed by atoms with E-state index in [1.165, 1.54) is 4.90 Å².